The van der Waals surface area contributed by atoms with E-state index in [-0.39, 0.29) is 47.6 Å². The summed E-state index contributed by atoms with van der Waals surface area (Å²) in [6.07, 6.45) is 0.424. The first-order valence-corrected chi connectivity index (χ1v) is 9.65. The maximum absolute atomic E-state index is 12.3. The molecule has 0 atom stereocenters. The predicted octanol–water partition coefficient (Wildman–Crippen LogP) is 4.69. The zero-order valence-corrected chi connectivity index (χ0v) is 19.7. The summed E-state index contributed by atoms with van der Waals surface area (Å²) < 4.78 is 15.5. The minimum absolute atomic E-state index is 0. The van der Waals surface area contributed by atoms with Crippen LogP contribution in [0.4, 0.5) is 4.79 Å². The molecule has 0 saturated carbocycles. The summed E-state index contributed by atoms with van der Waals surface area (Å²) in [5, 5.41) is 2.59. The lowest BCUT2D eigenvalue weighted by Gasteiger charge is -2.19. The average Bonchev–Trinajstić information content (AvgIpc) is 2.53. The topological polar surface area (TPSA) is 90.9 Å². The number of ether oxygens (including phenoxy) is 3. The van der Waals surface area contributed by atoms with Crippen LogP contribution in [0.15, 0.2) is 18.2 Å². The zero-order valence-electron chi connectivity index (χ0n) is 18.9. The molecule has 0 spiro atoms. The minimum atomic E-state index is -0.519. The van der Waals surface area contributed by atoms with Crippen molar-refractivity contribution in [3.63, 3.8) is 0 Å². The number of carbonyl (C=O) groups excluding carboxylic acids is 3. The van der Waals surface area contributed by atoms with Crippen molar-refractivity contribution in [1.29, 1.82) is 0 Å². The number of nitrogens with one attached hydrogen (secondary N) is 1. The molecule has 1 aromatic carbocycles. The van der Waals surface area contributed by atoms with Gasteiger partial charge in [-0.15, -0.1) is 12.4 Å². The molecule has 1 rings (SSSR count). The summed E-state index contributed by atoms with van der Waals surface area (Å²) in [7, 11) is 1.29. The van der Waals surface area contributed by atoms with Gasteiger partial charge in [0.05, 0.1) is 20.0 Å². The van der Waals surface area contributed by atoms with Crippen LogP contribution in [0, 0.1) is 10.8 Å². The van der Waals surface area contributed by atoms with Crippen molar-refractivity contribution in [3.8, 4) is 11.5 Å². The van der Waals surface area contributed by atoms with Gasteiger partial charge in [-0.05, 0) is 34.9 Å². The molecule has 0 radical (unpaired) electrons. The van der Waals surface area contributed by atoms with Gasteiger partial charge in [-0.1, -0.05) is 47.6 Å². The lowest BCUT2D eigenvalue weighted by Crippen LogP contribution is -2.25. The summed E-state index contributed by atoms with van der Waals surface area (Å²) >= 11 is 0. The van der Waals surface area contributed by atoms with Crippen molar-refractivity contribution in [1.82, 2.24) is 5.32 Å². The number of esters is 2. The molecule has 1 amide bonds. The van der Waals surface area contributed by atoms with E-state index in [0.717, 1.165) is 5.56 Å². The number of hydrogen-bond donors (Lipinski definition) is 1. The maximum atomic E-state index is 12.3. The fourth-order valence-corrected chi connectivity index (χ4v) is 2.44. The number of alkyl carbamates (subject to hydrolysis) is 1. The lowest BCUT2D eigenvalue weighted by atomic mass is 9.92. The minimum Gasteiger partial charge on any atom is -0.453 e. The quantitative estimate of drug-likeness (QED) is 0.485. The molecular weight excluding hydrogens is 410 g/mol. The van der Waals surface area contributed by atoms with E-state index in [2.05, 4.69) is 10.1 Å². The van der Waals surface area contributed by atoms with Gasteiger partial charge >= 0.3 is 18.0 Å². The summed E-state index contributed by atoms with van der Waals surface area (Å²) in [4.78, 5) is 35.7. The fourth-order valence-electron chi connectivity index (χ4n) is 2.44. The Morgan fingerprint density at radius 1 is 0.867 bits per heavy atom. The van der Waals surface area contributed by atoms with Crippen molar-refractivity contribution in [2.75, 3.05) is 13.7 Å². The van der Waals surface area contributed by atoms with Gasteiger partial charge in [-0.25, -0.2) is 4.79 Å². The molecule has 170 valence electrons. The summed E-state index contributed by atoms with van der Waals surface area (Å²) in [6.45, 7) is 12.0. The van der Waals surface area contributed by atoms with Gasteiger partial charge in [0, 0.05) is 6.54 Å². The first-order chi connectivity index (χ1) is 13.3. The van der Waals surface area contributed by atoms with Gasteiger partial charge in [0.15, 0.2) is 11.5 Å². The standard InChI is InChI=1S/C22H33NO6.ClH/c1-21(2,3)13-18(24)28-16-9-8-15(10-11-23-20(26)27-7)12-17(16)29-19(25)14-22(4,5)6;/h8-9,12H,10-11,13-14H2,1-7H3,(H,23,26);1H. The predicted molar refractivity (Wildman–Crippen MR) is 117 cm³/mol. The zero-order chi connectivity index (χ0) is 22.2. The van der Waals surface area contributed by atoms with Crippen molar-refractivity contribution < 1.29 is 28.6 Å². The highest BCUT2D eigenvalue weighted by molar-refractivity contribution is 5.85. The first kappa shape index (κ1) is 27.7. The number of carbonyl (C=O) groups is 3. The van der Waals surface area contributed by atoms with Crippen LogP contribution in [0.1, 0.15) is 59.9 Å². The number of amides is 1. The van der Waals surface area contributed by atoms with Crippen LogP contribution in [0.25, 0.3) is 0 Å². The molecule has 1 aromatic rings. The Bertz CT molecular complexity index is 734. The summed E-state index contributed by atoms with van der Waals surface area (Å²) in [6, 6.07) is 5.02. The van der Waals surface area contributed by atoms with Crippen LogP contribution in [0.3, 0.4) is 0 Å². The molecule has 0 unspecified atom stereocenters. The second-order valence-electron chi connectivity index (χ2n) is 9.37. The Kier molecular flexibility index (Phi) is 10.9. The molecule has 0 aliphatic heterocycles. The van der Waals surface area contributed by atoms with Crippen LogP contribution in [0.5, 0.6) is 11.5 Å². The van der Waals surface area contributed by atoms with Gasteiger partial charge < -0.3 is 19.5 Å². The van der Waals surface area contributed by atoms with Gasteiger partial charge in [-0.2, -0.15) is 0 Å². The smallest absolute Gasteiger partial charge is 0.406 e. The highest BCUT2D eigenvalue weighted by Gasteiger charge is 2.22. The number of rotatable bonds is 7. The molecule has 8 heteroatoms. The van der Waals surface area contributed by atoms with Gasteiger partial charge in [0.25, 0.3) is 0 Å². The summed E-state index contributed by atoms with van der Waals surface area (Å²) in [5.41, 5.74) is 0.359. The van der Waals surface area contributed by atoms with Crippen LogP contribution in [0.2, 0.25) is 0 Å². The molecule has 7 nitrogen and oxygen atoms in total. The third kappa shape index (κ3) is 11.7. The van der Waals surface area contributed by atoms with E-state index in [1.54, 1.807) is 18.2 Å². The molecule has 0 aliphatic carbocycles. The van der Waals surface area contributed by atoms with Crippen LogP contribution in [-0.4, -0.2) is 31.7 Å². The van der Waals surface area contributed by atoms with Crippen LogP contribution in [-0.2, 0) is 20.7 Å². The van der Waals surface area contributed by atoms with E-state index < -0.39 is 18.0 Å². The lowest BCUT2D eigenvalue weighted by molar-refractivity contribution is -0.139. The van der Waals surface area contributed by atoms with Crippen molar-refractivity contribution in [2.45, 2.75) is 60.8 Å². The third-order valence-electron chi connectivity index (χ3n) is 3.67. The Morgan fingerprint density at radius 3 is 1.83 bits per heavy atom. The molecule has 1 N–H and O–H groups in total. The highest BCUT2D eigenvalue weighted by atomic mass is 35.5. The van der Waals surface area contributed by atoms with E-state index in [1.807, 2.05) is 41.5 Å². The molecule has 0 aromatic heterocycles. The molecular formula is C22H34ClNO6. The maximum Gasteiger partial charge on any atom is 0.406 e. The normalized spacial score (nSPS) is 11.2. The van der Waals surface area contributed by atoms with Crippen LogP contribution >= 0.6 is 12.4 Å². The van der Waals surface area contributed by atoms with E-state index >= 15 is 0 Å². The van der Waals surface area contributed by atoms with Crippen molar-refractivity contribution in [2.24, 2.45) is 10.8 Å². The number of methoxy groups -OCH3 is 1. The monoisotopic (exact) mass is 443 g/mol. The molecule has 0 heterocycles. The Hall–Kier alpha value is -2.28. The largest absolute Gasteiger partial charge is 0.453 e. The third-order valence-corrected chi connectivity index (χ3v) is 3.67. The van der Waals surface area contributed by atoms with Crippen LogP contribution < -0.4 is 14.8 Å². The van der Waals surface area contributed by atoms with Crippen molar-refractivity contribution in [3.05, 3.63) is 23.8 Å². The molecule has 0 bridgehead atoms. The highest BCUT2D eigenvalue weighted by Crippen LogP contribution is 2.31. The Labute approximate surface area is 185 Å². The van der Waals surface area contributed by atoms with E-state index in [1.165, 1.54) is 7.11 Å². The second kappa shape index (κ2) is 11.8. The average molecular weight is 444 g/mol. The van der Waals surface area contributed by atoms with Gasteiger partial charge in [0.1, 0.15) is 0 Å². The molecule has 0 aliphatic rings. The van der Waals surface area contributed by atoms with Gasteiger partial charge in [0.2, 0.25) is 0 Å². The number of hydrogen-bond acceptors (Lipinski definition) is 6. The Balaban J connectivity index is 0.00000841. The SMILES string of the molecule is COC(=O)NCCc1ccc(OC(=O)CC(C)(C)C)c(OC(=O)CC(C)(C)C)c1.Cl. The summed E-state index contributed by atoms with van der Waals surface area (Å²) in [5.74, 6) is -0.413. The van der Waals surface area contributed by atoms with E-state index in [9.17, 15) is 14.4 Å². The second-order valence-corrected chi connectivity index (χ2v) is 9.37. The van der Waals surface area contributed by atoms with E-state index in [4.69, 9.17) is 9.47 Å². The van der Waals surface area contributed by atoms with Crippen molar-refractivity contribution >= 4 is 30.4 Å². The fraction of sp³-hybridized carbons (Fsp3) is 0.591. The number of benzene rings is 1. The van der Waals surface area contributed by atoms with E-state index in [0.29, 0.717) is 13.0 Å². The number of halogens is 1. The first-order valence-electron chi connectivity index (χ1n) is 9.65. The molecule has 0 saturated heterocycles. The molecule has 0 fully saturated rings. The van der Waals surface area contributed by atoms with Gasteiger partial charge in [-0.3, -0.25) is 9.59 Å². The Morgan fingerprint density at radius 2 is 1.37 bits per heavy atom. The molecule has 30 heavy (non-hydrogen) atoms.